The van der Waals surface area contributed by atoms with Crippen molar-refractivity contribution in [3.63, 3.8) is 0 Å². The molecule has 0 N–H and O–H groups in total. The van der Waals surface area contributed by atoms with Crippen molar-refractivity contribution in [1.29, 1.82) is 0 Å². The summed E-state index contributed by atoms with van der Waals surface area (Å²) < 4.78 is 0. The number of hydrogen-bond acceptors (Lipinski definition) is 1. The Kier molecular flexibility index (Phi) is 1.90. The molecule has 58 valence electrons. The molecule has 10 heavy (non-hydrogen) atoms. The van der Waals surface area contributed by atoms with Crippen LogP contribution in [-0.4, -0.2) is 22.3 Å². The van der Waals surface area contributed by atoms with Gasteiger partial charge in [-0.05, 0) is 38.3 Å². The van der Waals surface area contributed by atoms with Gasteiger partial charge in [0.1, 0.15) is 0 Å². The molecule has 1 heterocycles. The Morgan fingerprint density at radius 2 is 2.20 bits per heavy atom. The fourth-order valence-electron chi connectivity index (χ4n) is 1.43. The summed E-state index contributed by atoms with van der Waals surface area (Å²) in [4.78, 5) is 12.5. The number of likely N-dealkylation sites (tertiary alicyclic amines) is 1. The van der Waals surface area contributed by atoms with E-state index in [4.69, 9.17) is 11.6 Å². The first kappa shape index (κ1) is 7.86. The first-order valence-corrected chi connectivity index (χ1v) is 3.89. The van der Waals surface area contributed by atoms with Crippen LogP contribution in [-0.2, 0) is 0 Å². The molecule has 0 atom stereocenters. The highest BCUT2D eigenvalue weighted by Gasteiger charge is 2.34. The van der Waals surface area contributed by atoms with Crippen molar-refractivity contribution in [3.8, 4) is 0 Å². The van der Waals surface area contributed by atoms with Crippen molar-refractivity contribution in [1.82, 2.24) is 4.90 Å². The van der Waals surface area contributed by atoms with Crippen molar-refractivity contribution in [2.45, 2.75) is 32.2 Å². The van der Waals surface area contributed by atoms with Crippen LogP contribution in [0.3, 0.4) is 0 Å². The van der Waals surface area contributed by atoms with Crippen LogP contribution in [0.2, 0.25) is 0 Å². The number of amides is 1. The van der Waals surface area contributed by atoms with Gasteiger partial charge in [0.2, 0.25) is 0 Å². The summed E-state index contributed by atoms with van der Waals surface area (Å²) in [7, 11) is 0. The summed E-state index contributed by atoms with van der Waals surface area (Å²) in [6.45, 7) is 4.90. The molecule has 0 spiro atoms. The summed E-state index contributed by atoms with van der Waals surface area (Å²) in [6.07, 6.45) is 2.14. The van der Waals surface area contributed by atoms with E-state index in [1.165, 1.54) is 0 Å². The molecule has 1 aliphatic rings. The second kappa shape index (κ2) is 2.42. The lowest BCUT2D eigenvalue weighted by atomic mass is 10.0. The lowest BCUT2D eigenvalue weighted by Crippen LogP contribution is -2.39. The van der Waals surface area contributed by atoms with Gasteiger partial charge >= 0.3 is 5.37 Å². The van der Waals surface area contributed by atoms with Gasteiger partial charge < -0.3 is 4.90 Å². The van der Waals surface area contributed by atoms with Crippen LogP contribution in [0.25, 0.3) is 0 Å². The predicted molar refractivity (Wildman–Crippen MR) is 41.3 cm³/mol. The minimum absolute atomic E-state index is 0.0150. The van der Waals surface area contributed by atoms with E-state index in [2.05, 4.69) is 0 Å². The highest BCUT2D eigenvalue weighted by Crippen LogP contribution is 2.28. The first-order chi connectivity index (χ1) is 4.54. The summed E-state index contributed by atoms with van der Waals surface area (Å²) >= 11 is 5.36. The zero-order valence-electron chi connectivity index (χ0n) is 6.35. The van der Waals surface area contributed by atoms with Gasteiger partial charge in [-0.2, -0.15) is 0 Å². The third kappa shape index (κ3) is 1.26. The van der Waals surface area contributed by atoms with Gasteiger partial charge in [0.15, 0.2) is 0 Å². The Bertz CT molecular complexity index is 156. The minimum Gasteiger partial charge on any atom is -0.324 e. The Balaban J connectivity index is 2.68. The van der Waals surface area contributed by atoms with E-state index in [1.54, 1.807) is 4.90 Å². The molecule has 0 radical (unpaired) electrons. The number of carbonyl (C=O) groups excluding carboxylic acids is 1. The second-order valence-electron chi connectivity index (χ2n) is 3.32. The molecule has 3 heteroatoms. The molecule has 0 aliphatic carbocycles. The molecule has 1 amide bonds. The standard InChI is InChI=1S/C7H12ClNO/c1-7(2)4-3-5-9(7)6(8)10/h3-5H2,1-2H3. The molecule has 2 nitrogen and oxygen atoms in total. The highest BCUT2D eigenvalue weighted by molar-refractivity contribution is 6.62. The Hall–Kier alpha value is -0.240. The second-order valence-corrected chi connectivity index (χ2v) is 3.64. The lowest BCUT2D eigenvalue weighted by Gasteiger charge is -2.29. The zero-order valence-corrected chi connectivity index (χ0v) is 7.11. The van der Waals surface area contributed by atoms with E-state index in [1.807, 2.05) is 13.8 Å². The molecule has 1 rings (SSSR count). The van der Waals surface area contributed by atoms with Gasteiger partial charge in [-0.15, -0.1) is 0 Å². The monoisotopic (exact) mass is 161 g/mol. The zero-order chi connectivity index (χ0) is 7.78. The molecular weight excluding hydrogens is 150 g/mol. The summed E-state index contributed by atoms with van der Waals surface area (Å²) in [5.74, 6) is 0. The Morgan fingerprint density at radius 3 is 2.40 bits per heavy atom. The van der Waals surface area contributed by atoms with Crippen LogP contribution in [0.15, 0.2) is 0 Å². The number of halogens is 1. The van der Waals surface area contributed by atoms with Gasteiger partial charge in [-0.3, -0.25) is 4.79 Å². The van der Waals surface area contributed by atoms with Crippen LogP contribution in [0.5, 0.6) is 0 Å². The number of hydrogen-bond donors (Lipinski definition) is 0. The van der Waals surface area contributed by atoms with Crippen LogP contribution in [0, 0.1) is 0 Å². The molecule has 0 saturated carbocycles. The van der Waals surface area contributed by atoms with E-state index < -0.39 is 0 Å². The van der Waals surface area contributed by atoms with Crippen molar-refractivity contribution in [3.05, 3.63) is 0 Å². The van der Waals surface area contributed by atoms with Gasteiger partial charge in [-0.1, -0.05) is 0 Å². The maximum absolute atomic E-state index is 10.8. The molecule has 1 saturated heterocycles. The lowest BCUT2D eigenvalue weighted by molar-refractivity contribution is 0.188. The van der Waals surface area contributed by atoms with E-state index in [-0.39, 0.29) is 10.9 Å². The van der Waals surface area contributed by atoms with Crippen molar-refractivity contribution in [2.24, 2.45) is 0 Å². The van der Waals surface area contributed by atoms with Crippen LogP contribution < -0.4 is 0 Å². The minimum atomic E-state index is -0.317. The van der Waals surface area contributed by atoms with E-state index >= 15 is 0 Å². The van der Waals surface area contributed by atoms with E-state index in [0.717, 1.165) is 19.4 Å². The van der Waals surface area contributed by atoms with E-state index in [0.29, 0.717) is 0 Å². The third-order valence-corrected chi connectivity index (χ3v) is 2.32. The predicted octanol–water partition coefficient (Wildman–Crippen LogP) is 2.22. The average Bonchev–Trinajstić information content (AvgIpc) is 2.08. The SMILES string of the molecule is CC1(C)CCCN1C(=O)Cl. The average molecular weight is 162 g/mol. The molecule has 0 unspecified atom stereocenters. The topological polar surface area (TPSA) is 20.3 Å². The molecule has 0 aromatic heterocycles. The summed E-state index contributed by atoms with van der Waals surface area (Å²) in [6, 6.07) is 0. The molecule has 0 bridgehead atoms. The Morgan fingerprint density at radius 1 is 1.60 bits per heavy atom. The molecule has 0 aromatic carbocycles. The van der Waals surface area contributed by atoms with Crippen LogP contribution >= 0.6 is 11.6 Å². The number of carbonyl (C=O) groups is 1. The molecular formula is C7H12ClNO. The highest BCUT2D eigenvalue weighted by atomic mass is 35.5. The van der Waals surface area contributed by atoms with Gasteiger partial charge in [0, 0.05) is 12.1 Å². The van der Waals surface area contributed by atoms with Crippen LogP contribution in [0.1, 0.15) is 26.7 Å². The maximum Gasteiger partial charge on any atom is 0.316 e. The van der Waals surface area contributed by atoms with Crippen LogP contribution in [0.4, 0.5) is 4.79 Å². The van der Waals surface area contributed by atoms with Crippen molar-refractivity contribution in [2.75, 3.05) is 6.54 Å². The molecule has 1 aliphatic heterocycles. The Labute approximate surface area is 66.1 Å². The largest absolute Gasteiger partial charge is 0.324 e. The fourth-order valence-corrected chi connectivity index (χ4v) is 1.75. The molecule has 1 fully saturated rings. The number of nitrogens with zero attached hydrogens (tertiary/aromatic N) is 1. The summed E-state index contributed by atoms with van der Waals surface area (Å²) in [5, 5.41) is -0.317. The van der Waals surface area contributed by atoms with Gasteiger partial charge in [0.25, 0.3) is 0 Å². The first-order valence-electron chi connectivity index (χ1n) is 3.51. The summed E-state index contributed by atoms with van der Waals surface area (Å²) in [5.41, 5.74) is -0.0150. The maximum atomic E-state index is 10.8. The van der Waals surface area contributed by atoms with E-state index in [9.17, 15) is 4.79 Å². The van der Waals surface area contributed by atoms with Gasteiger partial charge in [0.05, 0.1) is 0 Å². The smallest absolute Gasteiger partial charge is 0.316 e. The normalized spacial score (nSPS) is 23.3. The third-order valence-electron chi connectivity index (χ3n) is 2.11. The number of rotatable bonds is 0. The quantitative estimate of drug-likeness (QED) is 0.394. The van der Waals surface area contributed by atoms with Gasteiger partial charge in [-0.25, -0.2) is 0 Å². The van der Waals surface area contributed by atoms with Crippen molar-refractivity contribution >= 4 is 17.0 Å². The van der Waals surface area contributed by atoms with Crippen molar-refractivity contribution < 1.29 is 4.79 Å². The molecule has 0 aromatic rings. The fraction of sp³-hybridized carbons (Fsp3) is 0.857.